The lowest BCUT2D eigenvalue weighted by Gasteiger charge is -2.16. The number of nitrogens with one attached hydrogen (secondary N) is 2. The zero-order chi connectivity index (χ0) is 11.4. The van der Waals surface area contributed by atoms with Crippen molar-refractivity contribution in [2.75, 3.05) is 0 Å². The van der Waals surface area contributed by atoms with Crippen molar-refractivity contribution < 1.29 is 0 Å². The number of benzene rings is 1. The molecule has 1 heterocycles. The lowest BCUT2D eigenvalue weighted by molar-refractivity contribution is 0.567. The predicted octanol–water partition coefficient (Wildman–Crippen LogP) is 3.17. The van der Waals surface area contributed by atoms with Crippen LogP contribution in [0.25, 0.3) is 0 Å². The summed E-state index contributed by atoms with van der Waals surface area (Å²) < 4.78 is 0. The topological polar surface area (TPSA) is 27.8 Å². The molecule has 0 aliphatic carbocycles. The van der Waals surface area contributed by atoms with E-state index in [0.717, 1.165) is 6.54 Å². The quantitative estimate of drug-likeness (QED) is 0.803. The highest BCUT2D eigenvalue weighted by Crippen LogP contribution is 2.16. The van der Waals surface area contributed by atoms with Gasteiger partial charge >= 0.3 is 0 Å². The SMILES string of the molecule is Cc1ccccc1C(C)NCc1ccc[nH]1. The molecule has 0 aliphatic heterocycles. The average molecular weight is 214 g/mol. The fourth-order valence-electron chi connectivity index (χ4n) is 1.92. The Labute approximate surface area is 96.7 Å². The van der Waals surface area contributed by atoms with Gasteiger partial charge in [0.15, 0.2) is 0 Å². The van der Waals surface area contributed by atoms with E-state index in [1.807, 2.05) is 12.3 Å². The fourth-order valence-corrected chi connectivity index (χ4v) is 1.92. The summed E-state index contributed by atoms with van der Waals surface area (Å²) in [7, 11) is 0. The van der Waals surface area contributed by atoms with Gasteiger partial charge in [0.25, 0.3) is 0 Å². The summed E-state index contributed by atoms with van der Waals surface area (Å²) >= 11 is 0. The van der Waals surface area contributed by atoms with Gasteiger partial charge in [-0.15, -0.1) is 0 Å². The van der Waals surface area contributed by atoms with Crippen LogP contribution in [0.2, 0.25) is 0 Å². The average Bonchev–Trinajstić information content (AvgIpc) is 2.79. The molecule has 0 fully saturated rings. The molecule has 2 N–H and O–H groups in total. The van der Waals surface area contributed by atoms with Crippen LogP contribution in [-0.4, -0.2) is 4.98 Å². The van der Waals surface area contributed by atoms with Crippen LogP contribution in [0, 0.1) is 6.92 Å². The third-order valence-electron chi connectivity index (χ3n) is 2.92. The van der Waals surface area contributed by atoms with Crippen molar-refractivity contribution in [3.05, 3.63) is 59.4 Å². The minimum atomic E-state index is 0.379. The maximum Gasteiger partial charge on any atom is 0.0362 e. The van der Waals surface area contributed by atoms with Crippen LogP contribution in [0.15, 0.2) is 42.6 Å². The Morgan fingerprint density at radius 2 is 2.00 bits per heavy atom. The third-order valence-corrected chi connectivity index (χ3v) is 2.92. The monoisotopic (exact) mass is 214 g/mol. The molecular formula is C14H18N2. The third kappa shape index (κ3) is 2.52. The Morgan fingerprint density at radius 1 is 1.19 bits per heavy atom. The molecule has 2 rings (SSSR count). The molecule has 0 saturated heterocycles. The highest BCUT2D eigenvalue weighted by molar-refractivity contribution is 5.28. The lowest BCUT2D eigenvalue weighted by atomic mass is 10.0. The number of aromatic amines is 1. The summed E-state index contributed by atoms with van der Waals surface area (Å²) in [5.41, 5.74) is 3.93. The molecule has 16 heavy (non-hydrogen) atoms. The van der Waals surface area contributed by atoms with Crippen LogP contribution in [0.4, 0.5) is 0 Å². The normalized spacial score (nSPS) is 12.6. The van der Waals surface area contributed by atoms with Gasteiger partial charge in [0.05, 0.1) is 0 Å². The maximum absolute atomic E-state index is 3.51. The number of rotatable bonds is 4. The van der Waals surface area contributed by atoms with E-state index in [4.69, 9.17) is 0 Å². The number of hydrogen-bond acceptors (Lipinski definition) is 1. The molecule has 1 aromatic carbocycles. The van der Waals surface area contributed by atoms with E-state index in [1.54, 1.807) is 0 Å². The fraction of sp³-hybridized carbons (Fsp3) is 0.286. The summed E-state index contributed by atoms with van der Waals surface area (Å²) in [6.45, 7) is 5.23. The molecule has 0 spiro atoms. The minimum Gasteiger partial charge on any atom is -0.364 e. The van der Waals surface area contributed by atoms with Crippen molar-refractivity contribution in [3.8, 4) is 0 Å². The predicted molar refractivity (Wildman–Crippen MR) is 67.2 cm³/mol. The molecule has 1 atom stereocenters. The van der Waals surface area contributed by atoms with Crippen LogP contribution < -0.4 is 5.32 Å². The van der Waals surface area contributed by atoms with Crippen LogP contribution in [0.1, 0.15) is 29.8 Å². The van der Waals surface area contributed by atoms with Gasteiger partial charge in [-0.25, -0.2) is 0 Å². The molecule has 0 amide bonds. The Kier molecular flexibility index (Phi) is 3.42. The number of aryl methyl sites for hydroxylation is 1. The van der Waals surface area contributed by atoms with E-state index in [-0.39, 0.29) is 0 Å². The highest BCUT2D eigenvalue weighted by atomic mass is 14.9. The second-order valence-electron chi connectivity index (χ2n) is 4.15. The first kappa shape index (κ1) is 11.0. The van der Waals surface area contributed by atoms with Gasteiger partial charge in [-0.1, -0.05) is 24.3 Å². The molecule has 2 nitrogen and oxygen atoms in total. The number of hydrogen-bond donors (Lipinski definition) is 2. The van der Waals surface area contributed by atoms with Crippen molar-refractivity contribution in [2.45, 2.75) is 26.4 Å². The van der Waals surface area contributed by atoms with E-state index in [1.165, 1.54) is 16.8 Å². The standard InChI is InChI=1S/C14H18N2/c1-11-6-3-4-8-14(11)12(2)16-10-13-7-5-9-15-13/h3-9,12,15-16H,10H2,1-2H3. The summed E-state index contributed by atoms with van der Waals surface area (Å²) in [6, 6.07) is 13.0. The summed E-state index contributed by atoms with van der Waals surface area (Å²) in [5.74, 6) is 0. The van der Waals surface area contributed by atoms with Gasteiger partial charge in [-0.05, 0) is 37.1 Å². The summed E-state index contributed by atoms with van der Waals surface area (Å²) in [4.78, 5) is 3.20. The highest BCUT2D eigenvalue weighted by Gasteiger charge is 2.06. The van der Waals surface area contributed by atoms with Gasteiger partial charge in [-0.3, -0.25) is 0 Å². The van der Waals surface area contributed by atoms with Crippen molar-refractivity contribution in [3.63, 3.8) is 0 Å². The lowest BCUT2D eigenvalue weighted by Crippen LogP contribution is -2.18. The Hall–Kier alpha value is -1.54. The minimum absolute atomic E-state index is 0.379. The molecular weight excluding hydrogens is 196 g/mol. The molecule has 2 heteroatoms. The Balaban J connectivity index is 1.98. The van der Waals surface area contributed by atoms with Crippen LogP contribution in [0.3, 0.4) is 0 Å². The van der Waals surface area contributed by atoms with Gasteiger partial charge in [0, 0.05) is 24.5 Å². The van der Waals surface area contributed by atoms with E-state index in [0.29, 0.717) is 6.04 Å². The van der Waals surface area contributed by atoms with Crippen molar-refractivity contribution in [1.82, 2.24) is 10.3 Å². The Morgan fingerprint density at radius 3 is 2.69 bits per heavy atom. The van der Waals surface area contributed by atoms with Crippen LogP contribution in [-0.2, 0) is 6.54 Å². The molecule has 2 aromatic rings. The maximum atomic E-state index is 3.51. The Bertz CT molecular complexity index is 432. The molecule has 0 radical (unpaired) electrons. The van der Waals surface area contributed by atoms with E-state index >= 15 is 0 Å². The van der Waals surface area contributed by atoms with E-state index in [2.05, 4.69) is 54.5 Å². The van der Waals surface area contributed by atoms with Crippen LogP contribution >= 0.6 is 0 Å². The number of aromatic nitrogens is 1. The van der Waals surface area contributed by atoms with E-state index < -0.39 is 0 Å². The summed E-state index contributed by atoms with van der Waals surface area (Å²) in [6.07, 6.45) is 1.95. The zero-order valence-corrected chi connectivity index (χ0v) is 9.83. The first-order valence-electron chi connectivity index (χ1n) is 5.68. The second kappa shape index (κ2) is 4.99. The van der Waals surface area contributed by atoms with Crippen molar-refractivity contribution in [1.29, 1.82) is 0 Å². The van der Waals surface area contributed by atoms with Gasteiger partial charge in [0.2, 0.25) is 0 Å². The molecule has 1 unspecified atom stereocenters. The second-order valence-corrected chi connectivity index (χ2v) is 4.15. The molecule has 0 aliphatic rings. The molecule has 0 bridgehead atoms. The molecule has 1 aromatic heterocycles. The largest absolute Gasteiger partial charge is 0.364 e. The van der Waals surface area contributed by atoms with Gasteiger partial charge < -0.3 is 10.3 Å². The smallest absolute Gasteiger partial charge is 0.0362 e. The zero-order valence-electron chi connectivity index (χ0n) is 9.83. The number of H-pyrrole nitrogens is 1. The van der Waals surface area contributed by atoms with Crippen molar-refractivity contribution in [2.24, 2.45) is 0 Å². The van der Waals surface area contributed by atoms with Crippen LogP contribution in [0.5, 0.6) is 0 Å². The summed E-state index contributed by atoms with van der Waals surface area (Å²) in [5, 5.41) is 3.51. The first-order valence-corrected chi connectivity index (χ1v) is 5.68. The van der Waals surface area contributed by atoms with E-state index in [9.17, 15) is 0 Å². The molecule has 0 saturated carbocycles. The molecule has 84 valence electrons. The first-order chi connectivity index (χ1) is 7.77. The van der Waals surface area contributed by atoms with Gasteiger partial charge in [-0.2, -0.15) is 0 Å². The van der Waals surface area contributed by atoms with Crippen molar-refractivity contribution >= 4 is 0 Å². The van der Waals surface area contributed by atoms with Gasteiger partial charge in [0.1, 0.15) is 0 Å².